The molecule has 122 valence electrons. The van der Waals surface area contributed by atoms with Gasteiger partial charge in [0, 0.05) is 13.0 Å². The lowest BCUT2D eigenvalue weighted by Crippen LogP contribution is -2.37. The molecule has 0 fully saturated rings. The summed E-state index contributed by atoms with van der Waals surface area (Å²) in [6.07, 6.45) is -6.78. The van der Waals surface area contributed by atoms with Crippen molar-refractivity contribution in [3.8, 4) is 0 Å². The minimum Gasteiger partial charge on any atom is -0.481 e. The highest BCUT2D eigenvalue weighted by atomic mass is 19.4. The number of carboxylic acids is 1. The number of aliphatic carboxylic acids is 1. The van der Waals surface area contributed by atoms with Gasteiger partial charge in [0.25, 0.3) is 0 Å². The molecule has 1 rings (SSSR count). The zero-order valence-electron chi connectivity index (χ0n) is 11.6. The van der Waals surface area contributed by atoms with Gasteiger partial charge in [-0.15, -0.1) is 0 Å². The molecule has 0 aliphatic heterocycles. The number of hydrogen-bond donors (Lipinski definition) is 2. The summed E-state index contributed by atoms with van der Waals surface area (Å²) in [7, 11) is 0. The fourth-order valence-corrected chi connectivity index (χ4v) is 1.66. The van der Waals surface area contributed by atoms with Gasteiger partial charge in [0.05, 0.1) is 5.92 Å². The van der Waals surface area contributed by atoms with Crippen LogP contribution in [-0.2, 0) is 16.1 Å². The van der Waals surface area contributed by atoms with Crippen molar-refractivity contribution in [1.82, 2.24) is 5.32 Å². The smallest absolute Gasteiger partial charge is 0.407 e. The normalized spacial score (nSPS) is 12.5. The molecule has 1 amide bonds. The number of halogens is 3. The fraction of sp³-hybridized carbons (Fsp3) is 0.429. The van der Waals surface area contributed by atoms with Crippen LogP contribution in [0.4, 0.5) is 18.0 Å². The molecule has 0 unspecified atom stereocenters. The van der Waals surface area contributed by atoms with Crippen molar-refractivity contribution in [2.24, 2.45) is 5.92 Å². The van der Waals surface area contributed by atoms with Crippen molar-refractivity contribution >= 4 is 12.1 Å². The predicted octanol–water partition coefficient (Wildman–Crippen LogP) is 2.96. The molecule has 0 heterocycles. The van der Waals surface area contributed by atoms with Gasteiger partial charge in [0.15, 0.2) is 0 Å². The Bertz CT molecular complexity index is 491. The van der Waals surface area contributed by atoms with Crippen LogP contribution in [0.1, 0.15) is 18.4 Å². The molecule has 0 aliphatic carbocycles. The van der Waals surface area contributed by atoms with E-state index >= 15 is 0 Å². The molecule has 0 bridgehead atoms. The van der Waals surface area contributed by atoms with Crippen molar-refractivity contribution in [1.29, 1.82) is 0 Å². The first kappa shape index (κ1) is 17.8. The molecule has 2 N–H and O–H groups in total. The van der Waals surface area contributed by atoms with Crippen LogP contribution in [-0.4, -0.2) is 29.9 Å². The van der Waals surface area contributed by atoms with Gasteiger partial charge in [-0.2, -0.15) is 13.2 Å². The Morgan fingerprint density at radius 2 is 1.86 bits per heavy atom. The Balaban J connectivity index is 2.40. The Labute approximate surface area is 125 Å². The number of carbonyl (C=O) groups is 2. The summed E-state index contributed by atoms with van der Waals surface area (Å²) in [6.45, 7) is -0.775. The van der Waals surface area contributed by atoms with Crippen LogP contribution in [0.15, 0.2) is 30.3 Å². The molecular weight excluding hydrogens is 303 g/mol. The van der Waals surface area contributed by atoms with Gasteiger partial charge in [-0.25, -0.2) is 4.79 Å². The van der Waals surface area contributed by atoms with E-state index in [1.165, 1.54) is 0 Å². The largest absolute Gasteiger partial charge is 0.481 e. The molecule has 5 nitrogen and oxygen atoms in total. The first-order valence-corrected chi connectivity index (χ1v) is 6.52. The number of carbonyl (C=O) groups excluding carboxylic acids is 1. The van der Waals surface area contributed by atoms with Crippen LogP contribution in [0.2, 0.25) is 0 Å². The second-order valence-electron chi connectivity index (χ2n) is 4.61. The molecule has 1 aromatic carbocycles. The van der Waals surface area contributed by atoms with Crippen molar-refractivity contribution in [3.05, 3.63) is 35.9 Å². The van der Waals surface area contributed by atoms with Crippen LogP contribution >= 0.6 is 0 Å². The minimum absolute atomic E-state index is 0.0571. The van der Waals surface area contributed by atoms with E-state index in [0.717, 1.165) is 0 Å². The third-order valence-corrected chi connectivity index (χ3v) is 2.88. The van der Waals surface area contributed by atoms with Crippen LogP contribution < -0.4 is 5.32 Å². The third-order valence-electron chi connectivity index (χ3n) is 2.88. The lowest BCUT2D eigenvalue weighted by atomic mass is 10.0. The van der Waals surface area contributed by atoms with Gasteiger partial charge in [0.2, 0.25) is 0 Å². The number of alkyl halides is 3. The van der Waals surface area contributed by atoms with E-state index < -0.39 is 43.5 Å². The molecule has 8 heteroatoms. The summed E-state index contributed by atoms with van der Waals surface area (Å²) in [5.41, 5.74) is 0.705. The van der Waals surface area contributed by atoms with Gasteiger partial charge in [-0.05, 0) is 12.0 Å². The Kier molecular flexibility index (Phi) is 6.68. The van der Waals surface area contributed by atoms with Crippen LogP contribution in [0.5, 0.6) is 0 Å². The summed E-state index contributed by atoms with van der Waals surface area (Å²) in [6, 6.07) is 8.67. The molecule has 0 aromatic heterocycles. The van der Waals surface area contributed by atoms with Gasteiger partial charge in [-0.1, -0.05) is 30.3 Å². The number of alkyl carbamates (subject to hydrolysis) is 1. The Morgan fingerprint density at radius 3 is 2.41 bits per heavy atom. The lowest BCUT2D eigenvalue weighted by Gasteiger charge is -2.19. The molecule has 0 aliphatic rings. The van der Waals surface area contributed by atoms with Gasteiger partial charge >= 0.3 is 18.2 Å². The number of carboxylic acid groups (broad SMARTS) is 1. The number of ether oxygens (including phenoxy) is 1. The highest BCUT2D eigenvalue weighted by molar-refractivity contribution is 5.67. The number of nitrogens with one attached hydrogen (secondary N) is 1. The molecule has 0 spiro atoms. The molecule has 1 aromatic rings. The fourth-order valence-electron chi connectivity index (χ4n) is 1.66. The van der Waals surface area contributed by atoms with Crippen LogP contribution in [0.25, 0.3) is 0 Å². The highest BCUT2D eigenvalue weighted by Crippen LogP contribution is 2.29. The molecule has 0 radical (unpaired) electrons. The quantitative estimate of drug-likeness (QED) is 0.810. The molecular formula is C14H16F3NO4. The maximum atomic E-state index is 12.7. The maximum absolute atomic E-state index is 12.7. The number of hydrogen-bond acceptors (Lipinski definition) is 3. The predicted molar refractivity (Wildman–Crippen MR) is 71.0 cm³/mol. The zero-order valence-corrected chi connectivity index (χ0v) is 11.6. The highest BCUT2D eigenvalue weighted by Gasteiger charge is 2.39. The number of rotatable bonds is 7. The lowest BCUT2D eigenvalue weighted by molar-refractivity contribution is -0.175. The monoisotopic (exact) mass is 319 g/mol. The first-order chi connectivity index (χ1) is 10.3. The van der Waals surface area contributed by atoms with E-state index in [-0.39, 0.29) is 6.61 Å². The van der Waals surface area contributed by atoms with Crippen LogP contribution in [0.3, 0.4) is 0 Å². The van der Waals surface area contributed by atoms with E-state index in [4.69, 9.17) is 9.84 Å². The van der Waals surface area contributed by atoms with E-state index in [1.807, 2.05) is 5.32 Å². The Hall–Kier alpha value is -2.25. The molecule has 0 saturated carbocycles. The van der Waals surface area contributed by atoms with Crippen molar-refractivity contribution in [2.45, 2.75) is 25.6 Å². The summed E-state index contributed by atoms with van der Waals surface area (Å²) >= 11 is 0. The summed E-state index contributed by atoms with van der Waals surface area (Å²) in [5.74, 6) is -3.24. The third kappa shape index (κ3) is 6.96. The molecule has 1 atom stereocenters. The SMILES string of the molecule is O=C(O)CC[C@H](CNC(=O)OCc1ccccc1)C(F)(F)F. The molecule has 0 saturated heterocycles. The van der Waals surface area contributed by atoms with E-state index in [1.54, 1.807) is 30.3 Å². The standard InChI is InChI=1S/C14H16F3NO4/c15-14(16,17)11(6-7-12(19)20)8-18-13(21)22-9-10-4-2-1-3-5-10/h1-5,11H,6-9H2,(H,18,21)(H,19,20)/t11-/m1/s1. The average Bonchev–Trinajstić information content (AvgIpc) is 2.44. The van der Waals surface area contributed by atoms with Crippen molar-refractivity contribution in [3.63, 3.8) is 0 Å². The van der Waals surface area contributed by atoms with E-state index in [0.29, 0.717) is 5.56 Å². The zero-order chi connectivity index (χ0) is 16.6. The Morgan fingerprint density at radius 1 is 1.23 bits per heavy atom. The second-order valence-corrected chi connectivity index (χ2v) is 4.61. The topological polar surface area (TPSA) is 75.6 Å². The number of benzene rings is 1. The second kappa shape index (κ2) is 8.26. The first-order valence-electron chi connectivity index (χ1n) is 6.52. The van der Waals surface area contributed by atoms with Crippen molar-refractivity contribution in [2.75, 3.05) is 6.54 Å². The van der Waals surface area contributed by atoms with E-state index in [9.17, 15) is 22.8 Å². The maximum Gasteiger partial charge on any atom is 0.407 e. The van der Waals surface area contributed by atoms with Gasteiger partial charge in [0.1, 0.15) is 6.61 Å². The van der Waals surface area contributed by atoms with Crippen molar-refractivity contribution < 1.29 is 32.6 Å². The van der Waals surface area contributed by atoms with E-state index in [2.05, 4.69) is 0 Å². The summed E-state index contributed by atoms with van der Waals surface area (Å²) < 4.78 is 42.8. The average molecular weight is 319 g/mol. The van der Waals surface area contributed by atoms with Gasteiger partial charge < -0.3 is 15.2 Å². The van der Waals surface area contributed by atoms with Gasteiger partial charge in [-0.3, -0.25) is 4.79 Å². The summed E-state index contributed by atoms with van der Waals surface area (Å²) in [4.78, 5) is 21.7. The molecule has 22 heavy (non-hydrogen) atoms. The number of amides is 1. The van der Waals surface area contributed by atoms with Crippen LogP contribution in [0, 0.1) is 5.92 Å². The summed E-state index contributed by atoms with van der Waals surface area (Å²) in [5, 5.41) is 10.4. The minimum atomic E-state index is -4.58.